The van der Waals surface area contributed by atoms with Gasteiger partial charge in [0, 0.05) is 22.5 Å². The van der Waals surface area contributed by atoms with E-state index in [2.05, 4.69) is 14.9 Å². The monoisotopic (exact) mass is 542 g/mol. The van der Waals surface area contributed by atoms with Crippen LogP contribution in [0.15, 0.2) is 96.4 Å². The molecule has 0 atom stereocenters. The van der Waals surface area contributed by atoms with Gasteiger partial charge in [0.25, 0.3) is 5.91 Å². The third-order valence-electron chi connectivity index (χ3n) is 5.91. The zero-order valence-corrected chi connectivity index (χ0v) is 22.0. The number of hydrogen-bond acceptors (Lipinski definition) is 6. The molecule has 0 saturated heterocycles. The Morgan fingerprint density at radius 2 is 1.82 bits per heavy atom. The van der Waals surface area contributed by atoms with Crippen molar-refractivity contribution in [2.24, 2.45) is 0 Å². The molecule has 0 aliphatic heterocycles. The minimum absolute atomic E-state index is 0.295. The Morgan fingerprint density at radius 3 is 2.61 bits per heavy atom. The predicted octanol–water partition coefficient (Wildman–Crippen LogP) is 6.46. The van der Waals surface area contributed by atoms with Gasteiger partial charge >= 0.3 is 5.97 Å². The average Bonchev–Trinajstić information content (AvgIpc) is 3.29. The SMILES string of the molecule is COC(=O)c1ccccc1NC(=O)c1ccc(Cn2c(SCc3cccc(Cl)c3)nc3ccncc32)cc1. The molecule has 0 unspecified atom stereocenters. The molecule has 0 saturated carbocycles. The lowest BCUT2D eigenvalue weighted by molar-refractivity contribution is 0.0602. The minimum atomic E-state index is -0.512. The van der Waals surface area contributed by atoms with Gasteiger partial charge in [-0.25, -0.2) is 9.78 Å². The lowest BCUT2D eigenvalue weighted by atomic mass is 10.1. The molecule has 2 aromatic heterocycles. The Balaban J connectivity index is 1.34. The van der Waals surface area contributed by atoms with Crippen LogP contribution in [0.2, 0.25) is 5.02 Å². The summed E-state index contributed by atoms with van der Waals surface area (Å²) in [6.07, 6.45) is 3.54. The molecule has 38 heavy (non-hydrogen) atoms. The van der Waals surface area contributed by atoms with Gasteiger partial charge in [0.2, 0.25) is 0 Å². The molecule has 1 amide bonds. The highest BCUT2D eigenvalue weighted by Crippen LogP contribution is 2.28. The first kappa shape index (κ1) is 25.5. The maximum atomic E-state index is 12.9. The molecule has 5 aromatic rings. The topological polar surface area (TPSA) is 86.1 Å². The molecule has 9 heteroatoms. The number of rotatable bonds is 8. The van der Waals surface area contributed by atoms with E-state index in [0.29, 0.717) is 28.4 Å². The van der Waals surface area contributed by atoms with Crippen molar-refractivity contribution in [2.75, 3.05) is 12.4 Å². The molecule has 190 valence electrons. The summed E-state index contributed by atoms with van der Waals surface area (Å²) in [5.74, 6) is -0.103. The van der Waals surface area contributed by atoms with Crippen molar-refractivity contribution in [1.82, 2.24) is 14.5 Å². The number of methoxy groups -OCH3 is 1. The summed E-state index contributed by atoms with van der Waals surface area (Å²) in [7, 11) is 1.31. The fourth-order valence-corrected chi connectivity index (χ4v) is 5.17. The van der Waals surface area contributed by atoms with Gasteiger partial charge in [-0.2, -0.15) is 0 Å². The van der Waals surface area contributed by atoms with Crippen LogP contribution < -0.4 is 5.32 Å². The maximum absolute atomic E-state index is 12.9. The van der Waals surface area contributed by atoms with E-state index in [-0.39, 0.29) is 5.91 Å². The molecule has 0 aliphatic carbocycles. The highest BCUT2D eigenvalue weighted by atomic mass is 35.5. The van der Waals surface area contributed by atoms with E-state index < -0.39 is 5.97 Å². The summed E-state index contributed by atoms with van der Waals surface area (Å²) in [6.45, 7) is 0.563. The Morgan fingerprint density at radius 1 is 1.00 bits per heavy atom. The van der Waals surface area contributed by atoms with Crippen molar-refractivity contribution < 1.29 is 14.3 Å². The number of para-hydroxylation sites is 1. The molecule has 1 N–H and O–H groups in total. The van der Waals surface area contributed by atoms with Crippen molar-refractivity contribution >= 4 is 52.0 Å². The van der Waals surface area contributed by atoms with Gasteiger partial charge in [0.1, 0.15) is 0 Å². The van der Waals surface area contributed by atoms with Gasteiger partial charge in [-0.05, 0) is 53.6 Å². The number of hydrogen-bond donors (Lipinski definition) is 1. The fourth-order valence-electron chi connectivity index (χ4n) is 4.00. The Labute approximate surface area is 228 Å². The third kappa shape index (κ3) is 5.72. The lowest BCUT2D eigenvalue weighted by Gasteiger charge is -2.11. The number of anilines is 1. The van der Waals surface area contributed by atoms with Crippen molar-refractivity contribution in [1.29, 1.82) is 0 Å². The first-order chi connectivity index (χ1) is 18.5. The number of fused-ring (bicyclic) bond motifs is 1. The number of nitrogens with one attached hydrogen (secondary N) is 1. The summed E-state index contributed by atoms with van der Waals surface area (Å²) in [5.41, 5.74) is 5.08. The van der Waals surface area contributed by atoms with Crippen LogP contribution in [0, 0.1) is 0 Å². The number of nitrogens with zero attached hydrogens (tertiary/aromatic N) is 3. The van der Waals surface area contributed by atoms with Crippen LogP contribution in [0.5, 0.6) is 0 Å². The van der Waals surface area contributed by atoms with E-state index in [1.165, 1.54) is 7.11 Å². The number of thioether (sulfide) groups is 1. The molecule has 0 aliphatic rings. The zero-order valence-electron chi connectivity index (χ0n) is 20.4. The van der Waals surface area contributed by atoms with Crippen LogP contribution in [0.3, 0.4) is 0 Å². The predicted molar refractivity (Wildman–Crippen MR) is 150 cm³/mol. The number of imidazole rings is 1. The summed E-state index contributed by atoms with van der Waals surface area (Å²) >= 11 is 7.78. The van der Waals surface area contributed by atoms with Gasteiger partial charge in [-0.15, -0.1) is 0 Å². The average molecular weight is 543 g/mol. The Bertz CT molecular complexity index is 1620. The molecule has 2 heterocycles. The van der Waals surface area contributed by atoms with E-state index in [4.69, 9.17) is 21.3 Å². The number of ether oxygens (including phenoxy) is 1. The zero-order chi connectivity index (χ0) is 26.5. The molecule has 3 aromatic carbocycles. The van der Waals surface area contributed by atoms with Crippen LogP contribution in [0.25, 0.3) is 11.0 Å². The fraction of sp³-hybridized carbons (Fsp3) is 0.103. The van der Waals surface area contributed by atoms with E-state index >= 15 is 0 Å². The van der Waals surface area contributed by atoms with Crippen molar-refractivity contribution in [3.8, 4) is 0 Å². The van der Waals surface area contributed by atoms with Crippen molar-refractivity contribution in [2.45, 2.75) is 17.5 Å². The van der Waals surface area contributed by atoms with Gasteiger partial charge in [0.15, 0.2) is 5.16 Å². The van der Waals surface area contributed by atoms with Crippen molar-refractivity contribution in [3.63, 3.8) is 0 Å². The van der Waals surface area contributed by atoms with E-state index in [9.17, 15) is 9.59 Å². The van der Waals surface area contributed by atoms with Gasteiger partial charge in [-0.3, -0.25) is 9.78 Å². The number of carbonyl (C=O) groups is 2. The van der Waals surface area contributed by atoms with E-state index in [0.717, 1.165) is 33.1 Å². The minimum Gasteiger partial charge on any atom is -0.465 e. The highest BCUT2D eigenvalue weighted by Gasteiger charge is 2.16. The molecular weight excluding hydrogens is 520 g/mol. The summed E-state index contributed by atoms with van der Waals surface area (Å²) < 4.78 is 6.93. The summed E-state index contributed by atoms with van der Waals surface area (Å²) in [4.78, 5) is 34.0. The number of benzene rings is 3. The second kappa shape index (κ2) is 11.5. The number of carbonyl (C=O) groups excluding carboxylic acids is 2. The molecule has 7 nitrogen and oxygen atoms in total. The van der Waals surface area contributed by atoms with Crippen LogP contribution in [-0.4, -0.2) is 33.5 Å². The van der Waals surface area contributed by atoms with Crippen LogP contribution in [0.1, 0.15) is 31.8 Å². The highest BCUT2D eigenvalue weighted by molar-refractivity contribution is 7.98. The molecule has 0 spiro atoms. The number of aromatic nitrogens is 3. The van der Waals surface area contributed by atoms with Crippen LogP contribution in [0.4, 0.5) is 5.69 Å². The second-order valence-electron chi connectivity index (χ2n) is 8.45. The lowest BCUT2D eigenvalue weighted by Crippen LogP contribution is -2.15. The third-order valence-corrected chi connectivity index (χ3v) is 7.19. The van der Waals surface area contributed by atoms with Gasteiger partial charge in [0.05, 0.1) is 42.1 Å². The molecular formula is C29H23ClN4O3S. The van der Waals surface area contributed by atoms with E-state index in [1.54, 1.807) is 54.4 Å². The maximum Gasteiger partial charge on any atom is 0.339 e. The summed E-state index contributed by atoms with van der Waals surface area (Å²) in [5, 5.41) is 4.38. The number of esters is 1. The standard InChI is InChI=1S/C29H23ClN4O3S/c1-37-28(36)23-7-2-3-8-24(23)32-27(35)21-11-9-19(10-12-21)17-34-26-16-31-14-13-25(26)33-29(34)38-18-20-5-4-6-22(30)15-20/h2-16H,17-18H2,1H3,(H,32,35). The first-order valence-corrected chi connectivity index (χ1v) is 13.1. The van der Waals surface area contributed by atoms with Gasteiger partial charge < -0.3 is 14.6 Å². The molecule has 0 bridgehead atoms. The van der Waals surface area contributed by atoms with Gasteiger partial charge in [-0.1, -0.05) is 59.8 Å². The molecule has 5 rings (SSSR count). The van der Waals surface area contributed by atoms with E-state index in [1.807, 2.05) is 48.7 Å². The smallest absolute Gasteiger partial charge is 0.339 e. The van der Waals surface area contributed by atoms with Crippen LogP contribution >= 0.6 is 23.4 Å². The molecule has 0 radical (unpaired) electrons. The Hall–Kier alpha value is -4.14. The molecule has 0 fully saturated rings. The number of amides is 1. The largest absolute Gasteiger partial charge is 0.465 e. The summed E-state index contributed by atoms with van der Waals surface area (Å²) in [6, 6.07) is 23.8. The first-order valence-electron chi connectivity index (χ1n) is 11.8. The normalized spacial score (nSPS) is 10.9. The number of halogens is 1. The Kier molecular flexibility index (Phi) is 7.72. The van der Waals surface area contributed by atoms with Crippen LogP contribution in [-0.2, 0) is 17.0 Å². The second-order valence-corrected chi connectivity index (χ2v) is 9.83. The number of pyridine rings is 1. The van der Waals surface area contributed by atoms with Crippen molar-refractivity contribution in [3.05, 3.63) is 119 Å². The quantitative estimate of drug-likeness (QED) is 0.179.